The largest absolute Gasteiger partial charge is 0.462 e. The van der Waals surface area contributed by atoms with E-state index in [1.54, 1.807) is 0 Å². The lowest BCUT2D eigenvalue weighted by Crippen LogP contribution is -2.20. The molecule has 3 atom stereocenters. The molecule has 1 heterocycles. The summed E-state index contributed by atoms with van der Waals surface area (Å²) in [6.07, 6.45) is -0.0334. The lowest BCUT2D eigenvalue weighted by Gasteiger charge is -2.07. The first-order valence-corrected chi connectivity index (χ1v) is 6.09. The standard InChI is InChI=1S/C14H19NO2/c1-10(2)17-14(16)13-11(3)15(13)9-12-7-5-4-6-8-12/h4-8,10-11,13H,9H2,1-3H3. The van der Waals surface area contributed by atoms with Crippen LogP contribution in [0.25, 0.3) is 0 Å². The number of nitrogens with zero attached hydrogens (tertiary/aromatic N) is 1. The van der Waals surface area contributed by atoms with E-state index in [0.29, 0.717) is 6.04 Å². The van der Waals surface area contributed by atoms with E-state index in [9.17, 15) is 4.79 Å². The highest BCUT2D eigenvalue weighted by atomic mass is 16.5. The van der Waals surface area contributed by atoms with Crippen molar-refractivity contribution < 1.29 is 9.53 Å². The quantitative estimate of drug-likeness (QED) is 0.590. The van der Waals surface area contributed by atoms with Gasteiger partial charge in [0.25, 0.3) is 0 Å². The summed E-state index contributed by atoms with van der Waals surface area (Å²) < 4.78 is 5.23. The second kappa shape index (κ2) is 4.88. The van der Waals surface area contributed by atoms with Gasteiger partial charge in [-0.2, -0.15) is 0 Å². The number of hydrogen-bond acceptors (Lipinski definition) is 3. The Morgan fingerprint density at radius 3 is 2.59 bits per heavy atom. The Labute approximate surface area is 102 Å². The van der Waals surface area contributed by atoms with Crippen molar-refractivity contribution in [3.8, 4) is 0 Å². The first kappa shape index (κ1) is 12.1. The molecule has 3 unspecified atom stereocenters. The fraction of sp³-hybridized carbons (Fsp3) is 0.500. The van der Waals surface area contributed by atoms with Crippen molar-refractivity contribution in [3.63, 3.8) is 0 Å². The molecule has 17 heavy (non-hydrogen) atoms. The van der Waals surface area contributed by atoms with Crippen LogP contribution in [0.2, 0.25) is 0 Å². The zero-order valence-electron chi connectivity index (χ0n) is 10.6. The highest BCUT2D eigenvalue weighted by Crippen LogP contribution is 2.31. The highest BCUT2D eigenvalue weighted by Gasteiger charge is 2.50. The van der Waals surface area contributed by atoms with Gasteiger partial charge in [0.05, 0.1) is 6.10 Å². The minimum atomic E-state index is -0.0940. The summed E-state index contributed by atoms with van der Waals surface area (Å²) >= 11 is 0. The molecular weight excluding hydrogens is 214 g/mol. The number of carbonyl (C=O) groups excluding carboxylic acids is 1. The Morgan fingerprint density at radius 1 is 1.35 bits per heavy atom. The van der Waals surface area contributed by atoms with E-state index in [4.69, 9.17) is 4.74 Å². The number of esters is 1. The van der Waals surface area contributed by atoms with Gasteiger partial charge in [0.15, 0.2) is 0 Å². The van der Waals surface area contributed by atoms with Crippen molar-refractivity contribution in [3.05, 3.63) is 35.9 Å². The Morgan fingerprint density at radius 2 is 2.00 bits per heavy atom. The van der Waals surface area contributed by atoms with E-state index in [2.05, 4.69) is 24.0 Å². The van der Waals surface area contributed by atoms with Gasteiger partial charge in [-0.05, 0) is 26.3 Å². The average Bonchev–Trinajstić information content (AvgIpc) is 2.89. The molecule has 0 aromatic heterocycles. The second-order valence-electron chi connectivity index (χ2n) is 4.83. The molecule has 0 saturated carbocycles. The summed E-state index contributed by atoms with van der Waals surface area (Å²) in [5.41, 5.74) is 1.24. The lowest BCUT2D eigenvalue weighted by molar-refractivity contribution is -0.147. The highest BCUT2D eigenvalue weighted by molar-refractivity contribution is 5.80. The lowest BCUT2D eigenvalue weighted by atomic mass is 10.2. The smallest absolute Gasteiger partial charge is 0.325 e. The summed E-state index contributed by atoms with van der Waals surface area (Å²) in [5, 5.41) is 0. The monoisotopic (exact) mass is 233 g/mol. The van der Waals surface area contributed by atoms with Crippen molar-refractivity contribution in [2.45, 2.75) is 45.5 Å². The molecule has 1 aromatic carbocycles. The Hall–Kier alpha value is -1.35. The van der Waals surface area contributed by atoms with E-state index in [1.165, 1.54) is 5.56 Å². The van der Waals surface area contributed by atoms with Gasteiger partial charge in [0.2, 0.25) is 0 Å². The molecule has 1 fully saturated rings. The number of hydrogen-bond donors (Lipinski definition) is 0. The van der Waals surface area contributed by atoms with Gasteiger partial charge in [0, 0.05) is 12.6 Å². The van der Waals surface area contributed by atoms with Crippen LogP contribution in [0.3, 0.4) is 0 Å². The van der Waals surface area contributed by atoms with Crippen LogP contribution in [-0.4, -0.2) is 29.1 Å². The molecule has 0 N–H and O–H groups in total. The summed E-state index contributed by atoms with van der Waals surface area (Å²) in [5.74, 6) is -0.0940. The van der Waals surface area contributed by atoms with E-state index < -0.39 is 0 Å². The Bertz CT molecular complexity index is 388. The van der Waals surface area contributed by atoms with Gasteiger partial charge in [-0.15, -0.1) is 0 Å². The third-order valence-corrected chi connectivity index (χ3v) is 3.05. The van der Waals surface area contributed by atoms with Gasteiger partial charge < -0.3 is 4.74 Å². The van der Waals surface area contributed by atoms with Crippen LogP contribution < -0.4 is 0 Å². The zero-order valence-corrected chi connectivity index (χ0v) is 10.6. The number of rotatable bonds is 4. The van der Waals surface area contributed by atoms with Gasteiger partial charge >= 0.3 is 5.97 Å². The number of benzene rings is 1. The minimum Gasteiger partial charge on any atom is -0.462 e. The topological polar surface area (TPSA) is 29.3 Å². The molecule has 0 spiro atoms. The summed E-state index contributed by atoms with van der Waals surface area (Å²) in [6.45, 7) is 6.65. The van der Waals surface area contributed by atoms with Crippen LogP contribution in [0, 0.1) is 0 Å². The third-order valence-electron chi connectivity index (χ3n) is 3.05. The van der Waals surface area contributed by atoms with Crippen molar-refractivity contribution in [2.75, 3.05) is 0 Å². The molecule has 1 aromatic rings. The molecule has 0 bridgehead atoms. The Kier molecular flexibility index (Phi) is 3.48. The van der Waals surface area contributed by atoms with Crippen molar-refractivity contribution in [1.82, 2.24) is 4.90 Å². The van der Waals surface area contributed by atoms with Gasteiger partial charge in [0.1, 0.15) is 6.04 Å². The van der Waals surface area contributed by atoms with Crippen molar-refractivity contribution in [1.29, 1.82) is 0 Å². The van der Waals surface area contributed by atoms with Crippen LogP contribution in [0.4, 0.5) is 0 Å². The molecule has 1 aliphatic heterocycles. The SMILES string of the molecule is CC(C)OC(=O)C1C(C)N1Cc1ccccc1. The average molecular weight is 233 g/mol. The number of ether oxygens (including phenoxy) is 1. The maximum absolute atomic E-state index is 11.8. The van der Waals surface area contributed by atoms with Crippen LogP contribution in [0.5, 0.6) is 0 Å². The van der Waals surface area contributed by atoms with Crippen LogP contribution in [0.1, 0.15) is 26.3 Å². The maximum Gasteiger partial charge on any atom is 0.325 e. The molecule has 3 heteroatoms. The molecule has 92 valence electrons. The summed E-state index contributed by atoms with van der Waals surface area (Å²) in [7, 11) is 0. The van der Waals surface area contributed by atoms with Crippen LogP contribution >= 0.6 is 0 Å². The molecule has 2 rings (SSSR count). The normalized spacial score (nSPS) is 26.9. The molecular formula is C14H19NO2. The molecule has 1 saturated heterocycles. The maximum atomic E-state index is 11.8. The van der Waals surface area contributed by atoms with Gasteiger partial charge in [-0.1, -0.05) is 30.3 Å². The minimum absolute atomic E-state index is 0.0334. The van der Waals surface area contributed by atoms with Crippen LogP contribution in [-0.2, 0) is 16.1 Å². The van der Waals surface area contributed by atoms with Crippen LogP contribution in [0.15, 0.2) is 30.3 Å². The van der Waals surface area contributed by atoms with E-state index >= 15 is 0 Å². The van der Waals surface area contributed by atoms with E-state index in [1.807, 2.05) is 32.0 Å². The van der Waals surface area contributed by atoms with Crippen molar-refractivity contribution >= 4 is 5.97 Å². The molecule has 3 nitrogen and oxygen atoms in total. The second-order valence-corrected chi connectivity index (χ2v) is 4.83. The first-order valence-electron chi connectivity index (χ1n) is 6.09. The molecule has 0 radical (unpaired) electrons. The molecule has 1 aliphatic rings. The third kappa shape index (κ3) is 2.86. The fourth-order valence-electron chi connectivity index (χ4n) is 2.08. The van der Waals surface area contributed by atoms with Gasteiger partial charge in [-0.3, -0.25) is 9.69 Å². The molecule has 0 amide bonds. The predicted molar refractivity (Wildman–Crippen MR) is 66.5 cm³/mol. The van der Waals surface area contributed by atoms with E-state index in [0.717, 1.165) is 6.54 Å². The van der Waals surface area contributed by atoms with E-state index in [-0.39, 0.29) is 18.1 Å². The number of carbonyl (C=O) groups is 1. The molecule has 0 aliphatic carbocycles. The zero-order chi connectivity index (χ0) is 12.4. The summed E-state index contributed by atoms with van der Waals surface area (Å²) in [4.78, 5) is 13.9. The van der Waals surface area contributed by atoms with Crippen molar-refractivity contribution in [2.24, 2.45) is 0 Å². The fourth-order valence-corrected chi connectivity index (χ4v) is 2.08. The Balaban J connectivity index is 1.91. The predicted octanol–water partition coefficient (Wildman–Crippen LogP) is 2.21. The first-order chi connectivity index (χ1) is 8.09. The van der Waals surface area contributed by atoms with Gasteiger partial charge in [-0.25, -0.2) is 0 Å². The summed E-state index contributed by atoms with van der Waals surface area (Å²) in [6, 6.07) is 10.4.